The van der Waals surface area contributed by atoms with Crippen molar-refractivity contribution in [2.24, 2.45) is 17.6 Å². The minimum atomic E-state index is 0. The molecule has 0 unspecified atom stereocenters. The van der Waals surface area contributed by atoms with E-state index in [9.17, 15) is 4.79 Å². The number of halogens is 1. The van der Waals surface area contributed by atoms with Gasteiger partial charge >= 0.3 is 0 Å². The van der Waals surface area contributed by atoms with Crippen LogP contribution in [0.4, 0.5) is 0 Å². The van der Waals surface area contributed by atoms with Gasteiger partial charge in [0.05, 0.1) is 0 Å². The maximum Gasteiger partial charge on any atom is 0.226 e. The van der Waals surface area contributed by atoms with E-state index in [2.05, 4.69) is 11.8 Å². The van der Waals surface area contributed by atoms with Gasteiger partial charge < -0.3 is 10.6 Å². The molecule has 2 fully saturated rings. The molecule has 0 aromatic heterocycles. The van der Waals surface area contributed by atoms with Gasteiger partial charge in [-0.15, -0.1) is 12.4 Å². The predicted octanol–water partition coefficient (Wildman–Crippen LogP) is 2.57. The van der Waals surface area contributed by atoms with Gasteiger partial charge in [0.25, 0.3) is 0 Å². The molecular weight excluding hydrogens is 248 g/mol. The van der Waals surface area contributed by atoms with Crippen molar-refractivity contribution in [1.82, 2.24) is 4.90 Å². The minimum Gasteiger partial charge on any atom is -0.340 e. The second-order valence-corrected chi connectivity index (χ2v) is 5.60. The summed E-state index contributed by atoms with van der Waals surface area (Å²) in [6.45, 7) is 3.67. The molecule has 0 aromatic carbocycles. The first-order valence-corrected chi connectivity index (χ1v) is 7.28. The molecule has 0 heterocycles. The van der Waals surface area contributed by atoms with Crippen LogP contribution in [0.5, 0.6) is 0 Å². The summed E-state index contributed by atoms with van der Waals surface area (Å²) in [4.78, 5) is 14.7. The van der Waals surface area contributed by atoms with Gasteiger partial charge in [-0.25, -0.2) is 0 Å². The van der Waals surface area contributed by atoms with E-state index in [4.69, 9.17) is 5.73 Å². The molecule has 0 spiro atoms. The van der Waals surface area contributed by atoms with Crippen LogP contribution in [0.25, 0.3) is 0 Å². The van der Waals surface area contributed by atoms with Gasteiger partial charge in [-0.05, 0) is 45.1 Å². The smallest absolute Gasteiger partial charge is 0.226 e. The zero-order valence-corrected chi connectivity index (χ0v) is 12.3. The van der Waals surface area contributed by atoms with Crippen molar-refractivity contribution in [1.29, 1.82) is 0 Å². The topological polar surface area (TPSA) is 46.3 Å². The highest BCUT2D eigenvalue weighted by molar-refractivity contribution is 5.85. The van der Waals surface area contributed by atoms with Crippen LogP contribution in [0.2, 0.25) is 0 Å². The number of nitrogens with zero attached hydrogens (tertiary/aromatic N) is 1. The fourth-order valence-electron chi connectivity index (χ4n) is 3.67. The lowest BCUT2D eigenvalue weighted by Crippen LogP contribution is -2.44. The molecule has 0 aliphatic heterocycles. The molecule has 2 aliphatic carbocycles. The van der Waals surface area contributed by atoms with Crippen LogP contribution in [0.3, 0.4) is 0 Å². The molecular formula is C14H27ClN2O. The van der Waals surface area contributed by atoms with E-state index in [1.54, 1.807) is 0 Å². The maximum absolute atomic E-state index is 12.6. The van der Waals surface area contributed by atoms with Crippen molar-refractivity contribution in [3.63, 3.8) is 0 Å². The highest BCUT2D eigenvalue weighted by Gasteiger charge is 2.36. The number of hydrogen-bond donors (Lipinski definition) is 1. The number of hydrogen-bond acceptors (Lipinski definition) is 2. The molecule has 0 bridgehead atoms. The Balaban J connectivity index is 0.00000162. The Morgan fingerprint density at radius 2 is 1.83 bits per heavy atom. The van der Waals surface area contributed by atoms with Gasteiger partial charge in [-0.2, -0.15) is 0 Å². The second-order valence-electron chi connectivity index (χ2n) is 5.60. The van der Waals surface area contributed by atoms with Gasteiger partial charge in [0.2, 0.25) is 5.91 Å². The highest BCUT2D eigenvalue weighted by atomic mass is 35.5. The third kappa shape index (κ3) is 3.18. The summed E-state index contributed by atoms with van der Waals surface area (Å²) in [7, 11) is 0. The molecule has 2 atom stereocenters. The average molecular weight is 275 g/mol. The summed E-state index contributed by atoms with van der Waals surface area (Å²) in [5.74, 6) is 1.06. The maximum atomic E-state index is 12.6. The molecule has 4 heteroatoms. The third-order valence-corrected chi connectivity index (χ3v) is 4.67. The summed E-state index contributed by atoms with van der Waals surface area (Å²) in [6, 6.07) is 0.520. The van der Waals surface area contributed by atoms with Gasteiger partial charge in [0.1, 0.15) is 0 Å². The molecule has 2 saturated carbocycles. The van der Waals surface area contributed by atoms with Crippen molar-refractivity contribution in [2.45, 2.75) is 57.9 Å². The van der Waals surface area contributed by atoms with Gasteiger partial charge in [-0.3, -0.25) is 4.79 Å². The van der Waals surface area contributed by atoms with Crippen LogP contribution >= 0.6 is 12.4 Å². The first kappa shape index (κ1) is 15.8. The largest absolute Gasteiger partial charge is 0.340 e. The van der Waals surface area contributed by atoms with E-state index in [0.717, 1.165) is 19.4 Å². The van der Waals surface area contributed by atoms with E-state index in [0.29, 0.717) is 24.4 Å². The van der Waals surface area contributed by atoms with Crippen molar-refractivity contribution >= 4 is 18.3 Å². The van der Waals surface area contributed by atoms with Crippen LogP contribution in [0.15, 0.2) is 0 Å². The Labute approximate surface area is 117 Å². The summed E-state index contributed by atoms with van der Waals surface area (Å²) < 4.78 is 0. The number of nitrogens with two attached hydrogens (primary N) is 1. The van der Waals surface area contributed by atoms with E-state index < -0.39 is 0 Å². The minimum absolute atomic E-state index is 0. The number of carbonyl (C=O) groups excluding carboxylic acids is 1. The first-order valence-electron chi connectivity index (χ1n) is 7.28. The molecule has 0 aromatic rings. The fourth-order valence-corrected chi connectivity index (χ4v) is 3.67. The quantitative estimate of drug-likeness (QED) is 0.856. The standard InChI is InChI=1S/C14H26N2O.ClH/c1-2-16(12-7-3-4-8-12)14(17)13-9-5-6-11(13)10-15;/h11-13H,2-10,15H2,1H3;1H/t11-,13-;/m1./s1. The molecule has 0 radical (unpaired) electrons. The van der Waals surface area contributed by atoms with E-state index >= 15 is 0 Å². The number of carbonyl (C=O) groups is 1. The second kappa shape index (κ2) is 7.34. The number of rotatable bonds is 4. The monoisotopic (exact) mass is 274 g/mol. The normalized spacial score (nSPS) is 28.1. The van der Waals surface area contributed by atoms with Crippen molar-refractivity contribution < 1.29 is 4.79 Å². The molecule has 106 valence electrons. The molecule has 2 aliphatic rings. The van der Waals surface area contributed by atoms with Crippen LogP contribution in [-0.4, -0.2) is 29.9 Å². The molecule has 18 heavy (non-hydrogen) atoms. The van der Waals surface area contributed by atoms with Crippen LogP contribution in [0, 0.1) is 11.8 Å². The summed E-state index contributed by atoms with van der Waals surface area (Å²) >= 11 is 0. The lowest BCUT2D eigenvalue weighted by Gasteiger charge is -2.32. The van der Waals surface area contributed by atoms with Gasteiger partial charge in [-0.1, -0.05) is 19.3 Å². The Morgan fingerprint density at radius 3 is 2.39 bits per heavy atom. The van der Waals surface area contributed by atoms with Gasteiger partial charge in [0, 0.05) is 18.5 Å². The Morgan fingerprint density at radius 1 is 1.17 bits per heavy atom. The van der Waals surface area contributed by atoms with Crippen LogP contribution in [-0.2, 0) is 4.79 Å². The molecule has 2 N–H and O–H groups in total. The third-order valence-electron chi connectivity index (χ3n) is 4.67. The van der Waals surface area contributed by atoms with E-state index in [1.807, 2.05) is 0 Å². The SMILES string of the molecule is CCN(C(=O)[C@@H]1CCC[C@@H]1CN)C1CCCC1.Cl. The molecule has 0 saturated heterocycles. The average Bonchev–Trinajstić information content (AvgIpc) is 3.00. The number of amides is 1. The molecule has 2 rings (SSSR count). The van der Waals surface area contributed by atoms with Crippen molar-refractivity contribution in [3.05, 3.63) is 0 Å². The Hall–Kier alpha value is -0.280. The lowest BCUT2D eigenvalue weighted by atomic mass is 9.94. The lowest BCUT2D eigenvalue weighted by molar-refractivity contribution is -0.138. The van der Waals surface area contributed by atoms with Crippen molar-refractivity contribution in [3.8, 4) is 0 Å². The zero-order chi connectivity index (χ0) is 12.3. The summed E-state index contributed by atoms with van der Waals surface area (Å²) in [5.41, 5.74) is 5.79. The van der Waals surface area contributed by atoms with E-state index in [1.165, 1.54) is 32.1 Å². The molecule has 1 amide bonds. The highest BCUT2D eigenvalue weighted by Crippen LogP contribution is 2.34. The Kier molecular flexibility index (Phi) is 6.44. The zero-order valence-electron chi connectivity index (χ0n) is 11.4. The van der Waals surface area contributed by atoms with E-state index in [-0.39, 0.29) is 18.3 Å². The van der Waals surface area contributed by atoms with Crippen molar-refractivity contribution in [2.75, 3.05) is 13.1 Å². The fraction of sp³-hybridized carbons (Fsp3) is 0.929. The predicted molar refractivity (Wildman–Crippen MR) is 76.8 cm³/mol. The summed E-state index contributed by atoms with van der Waals surface area (Å²) in [5, 5.41) is 0. The Bertz CT molecular complexity index is 267. The van der Waals surface area contributed by atoms with Crippen LogP contribution < -0.4 is 5.73 Å². The van der Waals surface area contributed by atoms with Crippen LogP contribution in [0.1, 0.15) is 51.9 Å². The molecule has 3 nitrogen and oxygen atoms in total. The first-order chi connectivity index (χ1) is 8.27. The van der Waals surface area contributed by atoms with Gasteiger partial charge in [0.15, 0.2) is 0 Å². The summed E-state index contributed by atoms with van der Waals surface area (Å²) in [6.07, 6.45) is 8.39.